The van der Waals surface area contributed by atoms with Crippen molar-refractivity contribution < 1.29 is 9.53 Å². The minimum Gasteiger partial charge on any atom is -0.497 e. The van der Waals surface area contributed by atoms with E-state index >= 15 is 0 Å². The molecule has 2 aliphatic heterocycles. The second-order valence-electron chi connectivity index (χ2n) is 8.63. The summed E-state index contributed by atoms with van der Waals surface area (Å²) in [6, 6.07) is 15.6. The van der Waals surface area contributed by atoms with Crippen LogP contribution in [0.15, 0.2) is 42.5 Å². The van der Waals surface area contributed by atoms with Gasteiger partial charge in [-0.15, -0.1) is 0 Å². The van der Waals surface area contributed by atoms with Crippen molar-refractivity contribution in [3.63, 3.8) is 0 Å². The molecule has 1 amide bonds. The first-order valence-electron chi connectivity index (χ1n) is 10.7. The van der Waals surface area contributed by atoms with Gasteiger partial charge in [-0.25, -0.2) is 0 Å². The maximum atomic E-state index is 13.1. The summed E-state index contributed by atoms with van der Waals surface area (Å²) < 4.78 is 5.48. The number of amides is 1. The third-order valence-corrected chi connectivity index (χ3v) is 6.58. The lowest BCUT2D eigenvalue weighted by atomic mass is 9.83. The minimum atomic E-state index is -0.0234. The third-order valence-electron chi connectivity index (χ3n) is 6.58. The van der Waals surface area contributed by atoms with Gasteiger partial charge < -0.3 is 19.9 Å². The van der Waals surface area contributed by atoms with E-state index in [1.807, 2.05) is 6.07 Å². The average Bonchev–Trinajstić information content (AvgIpc) is 3.56. The largest absolute Gasteiger partial charge is 0.497 e. The summed E-state index contributed by atoms with van der Waals surface area (Å²) in [6.45, 7) is 4.84. The van der Waals surface area contributed by atoms with Gasteiger partial charge in [-0.05, 0) is 49.9 Å². The summed E-state index contributed by atoms with van der Waals surface area (Å²) in [6.07, 6.45) is 3.03. The Kier molecular flexibility index (Phi) is 4.61. The van der Waals surface area contributed by atoms with Gasteiger partial charge in [0, 0.05) is 43.1 Å². The lowest BCUT2D eigenvalue weighted by molar-refractivity contribution is -0.126. The SMILES string of the molecule is COc1ccc2c(c1)N1CCN(c3ccc(C)cc3)C[C@H]1[C@H](C(=O)NC1CC1)C2. The number of benzene rings is 2. The number of ether oxygens (including phenoxy) is 1. The number of anilines is 2. The van der Waals surface area contributed by atoms with Crippen LogP contribution in [0.5, 0.6) is 5.75 Å². The molecule has 3 aliphatic rings. The molecule has 0 unspecified atom stereocenters. The smallest absolute Gasteiger partial charge is 0.225 e. The predicted octanol–water partition coefficient (Wildman–Crippen LogP) is 3.15. The van der Waals surface area contributed by atoms with Crippen LogP contribution in [-0.4, -0.2) is 44.7 Å². The Labute approximate surface area is 172 Å². The topological polar surface area (TPSA) is 44.8 Å². The Morgan fingerprint density at radius 2 is 1.90 bits per heavy atom. The number of fused-ring (bicyclic) bond motifs is 3. The number of methoxy groups -OCH3 is 1. The number of hydrogen-bond donors (Lipinski definition) is 1. The van der Waals surface area contributed by atoms with Crippen LogP contribution in [0.2, 0.25) is 0 Å². The number of piperazine rings is 1. The third kappa shape index (κ3) is 3.54. The standard InChI is InChI=1S/C24H29N3O2/c1-16-3-8-19(9-4-16)26-11-12-27-22-14-20(29-2)10-5-17(22)13-21(23(27)15-26)24(28)25-18-6-7-18/h3-5,8-10,14,18,21,23H,6-7,11-13,15H2,1-2H3,(H,25,28)/t21-,23+/m1/s1. The Morgan fingerprint density at radius 3 is 2.62 bits per heavy atom. The van der Waals surface area contributed by atoms with Gasteiger partial charge in [-0.2, -0.15) is 0 Å². The summed E-state index contributed by atoms with van der Waals surface area (Å²) in [7, 11) is 1.71. The highest BCUT2D eigenvalue weighted by atomic mass is 16.5. The van der Waals surface area contributed by atoms with Crippen molar-refractivity contribution in [2.24, 2.45) is 5.92 Å². The Hall–Kier alpha value is -2.69. The van der Waals surface area contributed by atoms with Crippen LogP contribution in [0.4, 0.5) is 11.4 Å². The van der Waals surface area contributed by atoms with E-state index in [1.165, 1.54) is 22.5 Å². The molecule has 2 atom stereocenters. The Morgan fingerprint density at radius 1 is 1.10 bits per heavy atom. The van der Waals surface area contributed by atoms with Crippen LogP contribution in [0, 0.1) is 12.8 Å². The average molecular weight is 392 g/mol. The molecule has 0 spiro atoms. The molecule has 29 heavy (non-hydrogen) atoms. The molecule has 1 aliphatic carbocycles. The molecule has 2 aromatic carbocycles. The molecule has 2 heterocycles. The normalized spacial score (nSPS) is 23.2. The van der Waals surface area contributed by atoms with E-state index in [4.69, 9.17) is 4.74 Å². The van der Waals surface area contributed by atoms with Gasteiger partial charge >= 0.3 is 0 Å². The fourth-order valence-electron chi connectivity index (χ4n) is 4.73. The van der Waals surface area contributed by atoms with Crippen molar-refractivity contribution in [3.05, 3.63) is 53.6 Å². The summed E-state index contributed by atoms with van der Waals surface area (Å²) in [5, 5.41) is 3.26. The van der Waals surface area contributed by atoms with Gasteiger partial charge in [0.05, 0.1) is 19.1 Å². The molecular formula is C24H29N3O2. The minimum absolute atomic E-state index is 0.0234. The van der Waals surface area contributed by atoms with Crippen molar-refractivity contribution in [2.45, 2.75) is 38.3 Å². The quantitative estimate of drug-likeness (QED) is 0.870. The molecule has 0 radical (unpaired) electrons. The Balaban J connectivity index is 1.46. The molecule has 152 valence electrons. The zero-order chi connectivity index (χ0) is 20.0. The van der Waals surface area contributed by atoms with E-state index in [-0.39, 0.29) is 17.9 Å². The van der Waals surface area contributed by atoms with Gasteiger partial charge in [0.15, 0.2) is 0 Å². The van der Waals surface area contributed by atoms with E-state index in [2.05, 4.69) is 58.4 Å². The van der Waals surface area contributed by atoms with Crippen molar-refractivity contribution in [1.82, 2.24) is 5.32 Å². The molecule has 2 fully saturated rings. The van der Waals surface area contributed by atoms with Crippen LogP contribution in [-0.2, 0) is 11.2 Å². The number of nitrogens with one attached hydrogen (secondary N) is 1. The molecule has 5 heteroatoms. The van der Waals surface area contributed by atoms with Gasteiger partial charge in [0.1, 0.15) is 5.75 Å². The van der Waals surface area contributed by atoms with Gasteiger partial charge in [-0.1, -0.05) is 23.8 Å². The summed E-state index contributed by atoms with van der Waals surface area (Å²) in [4.78, 5) is 18.0. The number of carbonyl (C=O) groups excluding carboxylic acids is 1. The molecule has 0 bridgehead atoms. The highest BCUT2D eigenvalue weighted by Crippen LogP contribution is 2.39. The highest BCUT2D eigenvalue weighted by molar-refractivity contribution is 5.83. The first kappa shape index (κ1) is 18.3. The van der Waals surface area contributed by atoms with E-state index in [9.17, 15) is 4.79 Å². The molecule has 5 nitrogen and oxygen atoms in total. The van der Waals surface area contributed by atoms with E-state index < -0.39 is 0 Å². The molecule has 1 N–H and O–H groups in total. The van der Waals surface area contributed by atoms with Crippen LogP contribution < -0.4 is 19.9 Å². The second kappa shape index (κ2) is 7.29. The number of hydrogen-bond acceptors (Lipinski definition) is 4. The van der Waals surface area contributed by atoms with Crippen molar-refractivity contribution in [3.8, 4) is 5.75 Å². The van der Waals surface area contributed by atoms with Crippen molar-refractivity contribution >= 4 is 17.3 Å². The zero-order valence-corrected chi connectivity index (χ0v) is 17.2. The maximum absolute atomic E-state index is 13.1. The van der Waals surface area contributed by atoms with Crippen LogP contribution in [0.3, 0.4) is 0 Å². The van der Waals surface area contributed by atoms with Crippen LogP contribution >= 0.6 is 0 Å². The van der Waals surface area contributed by atoms with Crippen molar-refractivity contribution in [2.75, 3.05) is 36.5 Å². The number of rotatable bonds is 4. The molecule has 2 aromatic rings. The lowest BCUT2D eigenvalue weighted by Crippen LogP contribution is -2.61. The van der Waals surface area contributed by atoms with E-state index in [0.717, 1.165) is 44.6 Å². The summed E-state index contributed by atoms with van der Waals surface area (Å²) in [5.41, 5.74) is 5.00. The first-order valence-corrected chi connectivity index (χ1v) is 10.7. The lowest BCUT2D eigenvalue weighted by Gasteiger charge is -2.49. The predicted molar refractivity (Wildman–Crippen MR) is 116 cm³/mol. The summed E-state index contributed by atoms with van der Waals surface area (Å²) >= 11 is 0. The monoisotopic (exact) mass is 391 g/mol. The maximum Gasteiger partial charge on any atom is 0.225 e. The van der Waals surface area contributed by atoms with Gasteiger partial charge in [0.25, 0.3) is 0 Å². The second-order valence-corrected chi connectivity index (χ2v) is 8.63. The number of aryl methyl sites for hydroxylation is 1. The van der Waals surface area contributed by atoms with Crippen molar-refractivity contribution in [1.29, 1.82) is 0 Å². The fourth-order valence-corrected chi connectivity index (χ4v) is 4.73. The molecular weight excluding hydrogens is 362 g/mol. The van der Waals surface area contributed by atoms with Gasteiger partial charge in [0.2, 0.25) is 5.91 Å². The van der Waals surface area contributed by atoms with Gasteiger partial charge in [-0.3, -0.25) is 4.79 Å². The first-order chi connectivity index (χ1) is 14.1. The molecule has 5 rings (SSSR count). The molecule has 0 aromatic heterocycles. The van der Waals surface area contributed by atoms with Crippen LogP contribution in [0.25, 0.3) is 0 Å². The van der Waals surface area contributed by atoms with Crippen LogP contribution in [0.1, 0.15) is 24.0 Å². The van der Waals surface area contributed by atoms with E-state index in [0.29, 0.717) is 6.04 Å². The molecule has 1 saturated carbocycles. The highest BCUT2D eigenvalue weighted by Gasteiger charge is 2.42. The zero-order valence-electron chi connectivity index (χ0n) is 17.2. The van der Waals surface area contributed by atoms with E-state index in [1.54, 1.807) is 7.11 Å². The Bertz CT molecular complexity index is 907. The summed E-state index contributed by atoms with van der Waals surface area (Å²) in [5.74, 6) is 1.07. The molecule has 1 saturated heterocycles. The fraction of sp³-hybridized carbons (Fsp3) is 0.458. The number of nitrogens with zero attached hydrogens (tertiary/aromatic N) is 2. The number of carbonyl (C=O) groups is 1.